The maximum atomic E-state index is 11.0. The van der Waals surface area contributed by atoms with Gasteiger partial charge in [-0.2, -0.15) is 0 Å². The lowest BCUT2D eigenvalue weighted by Gasteiger charge is -2.34. The van der Waals surface area contributed by atoms with Crippen LogP contribution in [0.5, 0.6) is 23.0 Å². The van der Waals surface area contributed by atoms with E-state index in [1.807, 2.05) is 37.3 Å². The minimum Gasteiger partial charge on any atom is -0.504 e. The number of rotatable bonds is 5. The first-order valence-corrected chi connectivity index (χ1v) is 11.5. The van der Waals surface area contributed by atoms with Gasteiger partial charge in [0.2, 0.25) is 0 Å². The molecule has 0 bridgehead atoms. The van der Waals surface area contributed by atoms with E-state index >= 15 is 0 Å². The van der Waals surface area contributed by atoms with Crippen molar-refractivity contribution in [2.45, 2.75) is 57.2 Å². The second-order valence-corrected chi connectivity index (χ2v) is 8.91. The number of aromatic hydroxyl groups is 1. The summed E-state index contributed by atoms with van der Waals surface area (Å²) in [5.41, 5.74) is 3.88. The fourth-order valence-electron chi connectivity index (χ4n) is 5.41. The Labute approximate surface area is 189 Å². The van der Waals surface area contributed by atoms with Crippen LogP contribution in [0.3, 0.4) is 0 Å². The van der Waals surface area contributed by atoms with Crippen molar-refractivity contribution in [3.05, 3.63) is 82.9 Å². The Balaban J connectivity index is 1.49. The lowest BCUT2D eigenvalue weighted by Crippen LogP contribution is -2.34. The summed E-state index contributed by atoms with van der Waals surface area (Å²) in [6, 6.07) is 20.2. The summed E-state index contributed by atoms with van der Waals surface area (Å²) in [6.07, 6.45) is 5.59. The third kappa shape index (κ3) is 3.48. The summed E-state index contributed by atoms with van der Waals surface area (Å²) in [6.45, 7) is 2.35. The van der Waals surface area contributed by atoms with Crippen LogP contribution in [-0.4, -0.2) is 12.2 Å². The van der Waals surface area contributed by atoms with Gasteiger partial charge in [-0.15, -0.1) is 0 Å². The van der Waals surface area contributed by atoms with Crippen LogP contribution in [-0.2, 0) is 12.2 Å². The van der Waals surface area contributed by atoms with E-state index in [0.717, 1.165) is 47.5 Å². The number of ether oxygens (including phenoxy) is 3. The van der Waals surface area contributed by atoms with Crippen molar-refractivity contribution >= 4 is 0 Å². The van der Waals surface area contributed by atoms with E-state index in [9.17, 15) is 5.11 Å². The number of hydrogen-bond donors (Lipinski definition) is 1. The van der Waals surface area contributed by atoms with E-state index in [4.69, 9.17) is 14.2 Å². The monoisotopic (exact) mass is 430 g/mol. The summed E-state index contributed by atoms with van der Waals surface area (Å²) in [7, 11) is 1.65. The first kappa shape index (κ1) is 20.7. The molecule has 1 saturated carbocycles. The van der Waals surface area contributed by atoms with Crippen LogP contribution >= 0.6 is 0 Å². The van der Waals surface area contributed by atoms with E-state index in [0.29, 0.717) is 12.4 Å². The Morgan fingerprint density at radius 2 is 1.81 bits per heavy atom. The Kier molecular flexibility index (Phi) is 5.46. The molecular formula is C28H30O4. The van der Waals surface area contributed by atoms with Gasteiger partial charge in [0.15, 0.2) is 11.5 Å². The maximum absolute atomic E-state index is 11.0. The molecule has 1 heterocycles. The van der Waals surface area contributed by atoms with Crippen molar-refractivity contribution in [1.82, 2.24) is 0 Å². The highest BCUT2D eigenvalue weighted by atomic mass is 16.5. The van der Waals surface area contributed by atoms with Gasteiger partial charge >= 0.3 is 0 Å². The molecule has 1 fully saturated rings. The van der Waals surface area contributed by atoms with E-state index in [2.05, 4.69) is 30.3 Å². The van der Waals surface area contributed by atoms with Gasteiger partial charge in [-0.1, -0.05) is 55.3 Å². The number of phenols is 1. The minimum atomic E-state index is -0.369. The predicted molar refractivity (Wildman–Crippen MR) is 125 cm³/mol. The molecule has 0 amide bonds. The topological polar surface area (TPSA) is 47.9 Å². The van der Waals surface area contributed by atoms with Gasteiger partial charge in [-0.3, -0.25) is 0 Å². The van der Waals surface area contributed by atoms with E-state index in [-0.39, 0.29) is 17.3 Å². The highest BCUT2D eigenvalue weighted by molar-refractivity contribution is 5.61. The molecule has 2 atom stereocenters. The number of hydrogen-bond acceptors (Lipinski definition) is 4. The Morgan fingerprint density at radius 1 is 1.03 bits per heavy atom. The molecule has 2 aliphatic rings. The number of phenolic OH excluding ortho intramolecular Hbond substituents is 1. The molecule has 0 spiro atoms. The van der Waals surface area contributed by atoms with Gasteiger partial charge in [0.25, 0.3) is 0 Å². The van der Waals surface area contributed by atoms with Crippen molar-refractivity contribution in [2.75, 3.05) is 7.11 Å². The molecule has 0 aromatic heterocycles. The van der Waals surface area contributed by atoms with Gasteiger partial charge in [0.1, 0.15) is 23.7 Å². The molecule has 1 aliphatic heterocycles. The summed E-state index contributed by atoms with van der Waals surface area (Å²) in [5.74, 6) is 2.58. The SMILES string of the molecule is COc1ccc(COc2cc3c(c(C)c2O)C2CCCCCC2(c2ccccc2)O3)cc1. The molecule has 2 unspecified atom stereocenters. The lowest BCUT2D eigenvalue weighted by atomic mass is 9.75. The third-order valence-corrected chi connectivity index (χ3v) is 7.08. The van der Waals surface area contributed by atoms with E-state index in [1.54, 1.807) is 7.11 Å². The molecule has 3 aromatic rings. The second kappa shape index (κ2) is 8.42. The van der Waals surface area contributed by atoms with Gasteiger partial charge < -0.3 is 19.3 Å². The highest BCUT2D eigenvalue weighted by Crippen LogP contribution is 2.59. The molecule has 4 heteroatoms. The van der Waals surface area contributed by atoms with Crippen LogP contribution in [0.25, 0.3) is 0 Å². The lowest BCUT2D eigenvalue weighted by molar-refractivity contribution is 0.0570. The van der Waals surface area contributed by atoms with E-state index < -0.39 is 0 Å². The third-order valence-electron chi connectivity index (χ3n) is 7.08. The van der Waals surface area contributed by atoms with Crippen LogP contribution in [0.2, 0.25) is 0 Å². The van der Waals surface area contributed by atoms with E-state index in [1.165, 1.54) is 18.4 Å². The fourth-order valence-corrected chi connectivity index (χ4v) is 5.41. The molecule has 1 aliphatic carbocycles. The van der Waals surface area contributed by atoms with Crippen molar-refractivity contribution in [3.8, 4) is 23.0 Å². The average Bonchev–Trinajstić information content (AvgIpc) is 3.00. The number of benzene rings is 3. The van der Waals surface area contributed by atoms with Gasteiger partial charge in [0.05, 0.1) is 7.11 Å². The minimum absolute atomic E-state index is 0.217. The molecule has 0 radical (unpaired) electrons. The zero-order valence-electron chi connectivity index (χ0n) is 18.8. The van der Waals surface area contributed by atoms with Crippen LogP contribution in [0.15, 0.2) is 60.7 Å². The molecular weight excluding hydrogens is 400 g/mol. The van der Waals surface area contributed by atoms with Gasteiger partial charge in [-0.25, -0.2) is 0 Å². The Bertz CT molecular complexity index is 1090. The number of fused-ring (bicyclic) bond motifs is 3. The largest absolute Gasteiger partial charge is 0.504 e. The van der Waals surface area contributed by atoms with Crippen molar-refractivity contribution in [3.63, 3.8) is 0 Å². The Hall–Kier alpha value is -3.14. The molecule has 4 nitrogen and oxygen atoms in total. The fraction of sp³-hybridized carbons (Fsp3) is 0.357. The molecule has 3 aromatic carbocycles. The first-order chi connectivity index (χ1) is 15.6. The first-order valence-electron chi connectivity index (χ1n) is 11.5. The molecule has 32 heavy (non-hydrogen) atoms. The molecule has 5 rings (SSSR count). The Morgan fingerprint density at radius 3 is 2.56 bits per heavy atom. The molecule has 1 N–H and O–H groups in total. The summed E-state index contributed by atoms with van der Waals surface area (Å²) >= 11 is 0. The van der Waals surface area contributed by atoms with Crippen molar-refractivity contribution in [2.24, 2.45) is 0 Å². The molecule has 0 saturated heterocycles. The smallest absolute Gasteiger partial charge is 0.165 e. The van der Waals surface area contributed by atoms with Crippen molar-refractivity contribution < 1.29 is 19.3 Å². The van der Waals surface area contributed by atoms with Crippen molar-refractivity contribution in [1.29, 1.82) is 0 Å². The van der Waals surface area contributed by atoms with Crippen LogP contribution in [0.4, 0.5) is 0 Å². The van der Waals surface area contributed by atoms with Crippen LogP contribution in [0.1, 0.15) is 60.3 Å². The average molecular weight is 431 g/mol. The zero-order valence-corrected chi connectivity index (χ0v) is 18.8. The molecule has 166 valence electrons. The maximum Gasteiger partial charge on any atom is 0.165 e. The summed E-state index contributed by atoms with van der Waals surface area (Å²) in [4.78, 5) is 0. The second-order valence-electron chi connectivity index (χ2n) is 8.91. The number of methoxy groups -OCH3 is 1. The summed E-state index contributed by atoms with van der Waals surface area (Å²) in [5, 5.41) is 11.0. The van der Waals surface area contributed by atoms with Crippen LogP contribution in [0, 0.1) is 6.92 Å². The van der Waals surface area contributed by atoms with Gasteiger partial charge in [-0.05, 0) is 49.4 Å². The standard InChI is InChI=1S/C28H30O4/c1-19-26-23-11-7-4-8-16-28(23,21-9-5-3-6-10-21)32-24(26)17-25(27(19)29)31-18-20-12-14-22(30-2)15-13-20/h3,5-6,9-10,12-15,17,23,29H,4,7-8,11,16,18H2,1-2H3. The van der Waals surface area contributed by atoms with Crippen LogP contribution < -0.4 is 14.2 Å². The van der Waals surface area contributed by atoms with Gasteiger partial charge in [0, 0.05) is 23.1 Å². The normalized spacial score (nSPS) is 21.8. The predicted octanol–water partition coefficient (Wildman–Crippen LogP) is 6.62. The zero-order chi connectivity index (χ0) is 22.1. The summed E-state index contributed by atoms with van der Waals surface area (Å²) < 4.78 is 18.1. The quantitative estimate of drug-likeness (QED) is 0.494. The highest BCUT2D eigenvalue weighted by Gasteiger charge is 2.51.